The fourth-order valence-electron chi connectivity index (χ4n) is 11.2. The van der Waals surface area contributed by atoms with Crippen molar-refractivity contribution < 1.29 is 0 Å². The number of unbranched alkanes of at least 4 members (excludes halogenated alkanes) is 28. The van der Waals surface area contributed by atoms with Crippen molar-refractivity contribution >= 4 is 57.1 Å². The Hall–Kier alpha value is -4.41. The maximum absolute atomic E-state index is 7.57. The maximum atomic E-state index is 7.57. The molecule has 0 aromatic heterocycles. The van der Waals surface area contributed by atoms with E-state index < -0.39 is 0 Å². The van der Waals surface area contributed by atoms with Crippen LogP contribution in [-0.2, 0) is 0 Å². The molecule has 0 aliphatic rings. The minimum atomic E-state index is 0.714. The van der Waals surface area contributed by atoms with Gasteiger partial charge < -0.3 is 19.6 Å². The van der Waals surface area contributed by atoms with Crippen molar-refractivity contribution in [3.8, 4) is 0 Å². The molecule has 0 unspecified atom stereocenters. The second-order valence-corrected chi connectivity index (χ2v) is 23.3. The minimum absolute atomic E-state index is 0.714. The first kappa shape index (κ1) is 63.4. The second-order valence-electron chi connectivity index (χ2n) is 22.9. The Morgan fingerprint density at radius 2 is 0.494 bits per heavy atom. The molecule has 0 spiro atoms. The number of halogens is 1. The largest absolute Gasteiger partial charge is 0.372 e. The molecule has 4 nitrogen and oxygen atoms in total. The van der Waals surface area contributed by atoms with E-state index in [2.05, 4.69) is 176 Å². The van der Waals surface area contributed by atoms with Crippen molar-refractivity contribution in [2.45, 2.75) is 247 Å². The monoisotopic (exact) mass is 1060 g/mol. The molecule has 424 valence electrons. The number of rotatable bonds is 44. The van der Waals surface area contributed by atoms with Gasteiger partial charge in [0.15, 0.2) is 0 Å². The van der Waals surface area contributed by atoms with Crippen LogP contribution in [0.15, 0.2) is 115 Å². The Labute approximate surface area is 478 Å². The maximum Gasteiger partial charge on any atom is 0.0667 e. The number of hydrogen-bond acceptors (Lipinski definition) is 4. The molecule has 0 aliphatic heterocycles. The predicted octanol–water partition coefficient (Wildman–Crippen LogP) is 24.1. The molecule has 0 amide bonds. The van der Waals surface area contributed by atoms with E-state index in [4.69, 9.17) is 11.6 Å². The third-order valence-corrected chi connectivity index (χ3v) is 16.4. The van der Waals surface area contributed by atoms with Gasteiger partial charge in [-0.25, -0.2) is 0 Å². The lowest BCUT2D eigenvalue weighted by atomic mass is 10.1. The zero-order valence-electron chi connectivity index (χ0n) is 50.1. The van der Waals surface area contributed by atoms with Crippen LogP contribution in [0.2, 0.25) is 5.02 Å². The summed E-state index contributed by atoms with van der Waals surface area (Å²) in [7, 11) is 0. The van der Waals surface area contributed by atoms with Crippen molar-refractivity contribution in [3.63, 3.8) is 0 Å². The van der Waals surface area contributed by atoms with E-state index in [-0.39, 0.29) is 0 Å². The van der Waals surface area contributed by atoms with Crippen LogP contribution in [0.5, 0.6) is 0 Å². The van der Waals surface area contributed by atoms with Crippen molar-refractivity contribution in [2.24, 2.45) is 0 Å². The Bertz CT molecular complexity index is 2040. The fourth-order valence-corrected chi connectivity index (χ4v) is 11.4. The van der Waals surface area contributed by atoms with Crippen molar-refractivity contribution in [3.05, 3.63) is 131 Å². The highest BCUT2D eigenvalue weighted by molar-refractivity contribution is 6.34. The summed E-state index contributed by atoms with van der Waals surface area (Å²) in [5, 5.41) is 0.714. The Morgan fingerprint density at radius 1 is 0.260 bits per heavy atom. The van der Waals surface area contributed by atoms with Gasteiger partial charge in [-0.1, -0.05) is 254 Å². The van der Waals surface area contributed by atoms with Gasteiger partial charge in [-0.15, -0.1) is 0 Å². The molecule has 0 saturated heterocycles. The van der Waals surface area contributed by atoms with E-state index >= 15 is 0 Å². The molecule has 0 heterocycles. The van der Waals surface area contributed by atoms with Crippen LogP contribution in [0.25, 0.3) is 0 Å². The van der Waals surface area contributed by atoms with Crippen LogP contribution < -0.4 is 19.6 Å². The molecular weight excluding hydrogens is 956 g/mol. The number of anilines is 8. The molecule has 77 heavy (non-hydrogen) atoms. The first-order valence-electron chi connectivity index (χ1n) is 32.1. The van der Waals surface area contributed by atoms with Crippen LogP contribution in [0, 0.1) is 13.8 Å². The summed E-state index contributed by atoms with van der Waals surface area (Å²) < 4.78 is 0. The van der Waals surface area contributed by atoms with E-state index in [0.29, 0.717) is 5.02 Å². The lowest BCUT2D eigenvalue weighted by Crippen LogP contribution is -2.26. The Balaban J connectivity index is 1.44. The topological polar surface area (TPSA) is 13.0 Å². The van der Waals surface area contributed by atoms with Gasteiger partial charge in [0.1, 0.15) is 0 Å². The summed E-state index contributed by atoms with van der Waals surface area (Å²) in [4.78, 5) is 10.1. The third kappa shape index (κ3) is 23.8. The Kier molecular flexibility index (Phi) is 32.2. The molecule has 0 saturated carbocycles. The average molecular weight is 1070 g/mol. The van der Waals surface area contributed by atoms with Crippen molar-refractivity contribution in [1.82, 2.24) is 0 Å². The number of benzene rings is 5. The molecule has 5 aromatic carbocycles. The van der Waals surface area contributed by atoms with Crippen LogP contribution in [0.3, 0.4) is 0 Å². The lowest BCUT2D eigenvalue weighted by Gasteiger charge is -2.31. The summed E-state index contributed by atoms with van der Waals surface area (Å²) in [6, 6.07) is 43.3. The normalized spacial score (nSPS) is 11.4. The molecule has 0 bridgehead atoms. The summed E-state index contributed by atoms with van der Waals surface area (Å²) in [6.45, 7) is 18.0. The van der Waals surface area contributed by atoms with Crippen LogP contribution in [-0.4, -0.2) is 26.2 Å². The summed E-state index contributed by atoms with van der Waals surface area (Å²) in [5.41, 5.74) is 11.6. The molecule has 0 radical (unpaired) electrons. The molecule has 0 atom stereocenters. The molecule has 0 N–H and O–H groups in total. The highest BCUT2D eigenvalue weighted by Crippen LogP contribution is 2.44. The summed E-state index contributed by atoms with van der Waals surface area (Å²) >= 11 is 7.57. The predicted molar refractivity (Wildman–Crippen MR) is 345 cm³/mol. The fraction of sp³-hybridized carbons (Fsp3) is 0.583. The second kappa shape index (κ2) is 39.0. The van der Waals surface area contributed by atoms with Gasteiger partial charge in [0.25, 0.3) is 0 Å². The van der Waals surface area contributed by atoms with Crippen molar-refractivity contribution in [1.29, 1.82) is 0 Å². The highest BCUT2D eigenvalue weighted by Gasteiger charge is 2.20. The van der Waals surface area contributed by atoms with Gasteiger partial charge in [0.2, 0.25) is 0 Å². The molecule has 5 heteroatoms. The molecule has 5 aromatic rings. The first-order valence-corrected chi connectivity index (χ1v) is 32.5. The number of aryl methyl sites for hydroxylation is 2. The minimum Gasteiger partial charge on any atom is -0.372 e. The smallest absolute Gasteiger partial charge is 0.0667 e. The van der Waals surface area contributed by atoms with E-state index in [9.17, 15) is 0 Å². The standard InChI is InChI=1S/C72H109ClN4/c1-7-11-15-19-23-27-31-35-57-74(58-36-32-28-24-20-16-12-8-2)64-47-51-66(52-48-64)76(70-55-56-72(71(73)61-70)77(68-43-39-62(5)40-44-68)69-45-41-63(6)42-46-69)67-53-49-65(50-54-67)75(59-37-33-29-25-21-17-13-9-3)60-38-34-30-26-22-18-14-10-4/h39-56,61H,7-38,57-60H2,1-6H3. The third-order valence-electron chi connectivity index (χ3n) is 16.1. The van der Waals surface area contributed by atoms with E-state index in [1.165, 1.54) is 228 Å². The summed E-state index contributed by atoms with van der Waals surface area (Å²) in [5.74, 6) is 0. The molecule has 0 aliphatic carbocycles. The zero-order chi connectivity index (χ0) is 54.6. The van der Waals surface area contributed by atoms with Crippen LogP contribution >= 0.6 is 11.6 Å². The summed E-state index contributed by atoms with van der Waals surface area (Å²) in [6.07, 6.45) is 43.1. The van der Waals surface area contributed by atoms with Crippen molar-refractivity contribution in [2.75, 3.05) is 45.8 Å². The van der Waals surface area contributed by atoms with Gasteiger partial charge in [-0.2, -0.15) is 0 Å². The van der Waals surface area contributed by atoms with Crippen LogP contribution in [0.4, 0.5) is 45.5 Å². The average Bonchev–Trinajstić information content (AvgIpc) is 3.46. The lowest BCUT2D eigenvalue weighted by molar-refractivity contribution is 0.555. The SMILES string of the molecule is CCCCCCCCCCN(CCCCCCCCCC)c1ccc(N(c2ccc(N(CCCCCCCCCC)CCCCCCCCCC)cc2)c2ccc(N(c3ccc(C)cc3)c3ccc(C)cc3)c(Cl)c2)cc1. The quantitative estimate of drug-likeness (QED) is 0.0360. The molecular formula is C72H109ClN4. The zero-order valence-corrected chi connectivity index (χ0v) is 50.8. The van der Waals surface area contributed by atoms with Gasteiger partial charge in [-0.05, 0) is 131 Å². The molecule has 5 rings (SSSR count). The van der Waals surface area contributed by atoms with E-state index in [0.717, 1.165) is 60.3 Å². The van der Waals surface area contributed by atoms with Gasteiger partial charge in [-0.3, -0.25) is 0 Å². The van der Waals surface area contributed by atoms with E-state index in [1.807, 2.05) is 0 Å². The highest BCUT2D eigenvalue weighted by atomic mass is 35.5. The molecule has 0 fully saturated rings. The Morgan fingerprint density at radius 3 is 0.779 bits per heavy atom. The van der Waals surface area contributed by atoms with Gasteiger partial charge >= 0.3 is 0 Å². The first-order chi connectivity index (χ1) is 37.9. The van der Waals surface area contributed by atoms with Gasteiger partial charge in [0, 0.05) is 66.0 Å². The number of nitrogens with zero attached hydrogens (tertiary/aromatic N) is 4. The van der Waals surface area contributed by atoms with E-state index in [1.54, 1.807) is 0 Å². The van der Waals surface area contributed by atoms with Gasteiger partial charge in [0.05, 0.1) is 10.7 Å². The van der Waals surface area contributed by atoms with Crippen LogP contribution in [0.1, 0.15) is 244 Å². The number of hydrogen-bond donors (Lipinski definition) is 0.